The summed E-state index contributed by atoms with van der Waals surface area (Å²) in [5.41, 5.74) is 0.885. The molecule has 0 aromatic heterocycles. The molecule has 0 radical (unpaired) electrons. The average molecular weight is 435 g/mol. The van der Waals surface area contributed by atoms with Crippen molar-refractivity contribution >= 4 is 33.3 Å². The first-order valence-corrected chi connectivity index (χ1v) is 11.1. The van der Waals surface area contributed by atoms with Gasteiger partial charge in [-0.25, -0.2) is 13.2 Å². The van der Waals surface area contributed by atoms with Crippen molar-refractivity contribution in [1.29, 1.82) is 0 Å². The minimum atomic E-state index is -3.93. The number of hydrogen-bond acceptors (Lipinski definition) is 6. The number of carbonyl (C=O) groups is 2. The summed E-state index contributed by atoms with van der Waals surface area (Å²) in [6.07, 6.45) is 1.95. The van der Waals surface area contributed by atoms with Crippen LogP contribution in [0.2, 0.25) is 0 Å². The summed E-state index contributed by atoms with van der Waals surface area (Å²) >= 11 is 0. The summed E-state index contributed by atoms with van der Waals surface area (Å²) in [5.74, 6) is -0.372. The van der Waals surface area contributed by atoms with Crippen LogP contribution in [-0.2, 0) is 19.6 Å². The molecule has 2 aromatic rings. The Morgan fingerprint density at radius 1 is 1.03 bits per heavy atom. The molecule has 0 aliphatic rings. The quantitative estimate of drug-likeness (QED) is 0.435. The lowest BCUT2D eigenvalue weighted by Gasteiger charge is -2.13. The number of unbranched alkanes of at least 4 members (excludes halogenated alkanes) is 1. The molecule has 0 aliphatic heterocycles. The fraction of sp³-hybridized carbons (Fsp3) is 0.333. The first-order valence-electron chi connectivity index (χ1n) is 9.58. The van der Waals surface area contributed by atoms with Crippen LogP contribution in [0.25, 0.3) is 0 Å². The minimum absolute atomic E-state index is 0.0437. The van der Waals surface area contributed by atoms with E-state index in [0.29, 0.717) is 17.9 Å². The van der Waals surface area contributed by atoms with Crippen LogP contribution in [0.5, 0.6) is 5.75 Å². The van der Waals surface area contributed by atoms with Gasteiger partial charge in [-0.3, -0.25) is 9.52 Å². The number of ether oxygens (including phenoxy) is 2. The molecule has 8 nitrogen and oxygen atoms in total. The van der Waals surface area contributed by atoms with Gasteiger partial charge < -0.3 is 14.8 Å². The van der Waals surface area contributed by atoms with E-state index in [4.69, 9.17) is 9.47 Å². The molecule has 0 bridgehead atoms. The second kappa shape index (κ2) is 10.6. The topological polar surface area (TPSA) is 111 Å². The van der Waals surface area contributed by atoms with E-state index in [1.165, 1.54) is 49.6 Å². The highest BCUT2D eigenvalue weighted by Gasteiger charge is 2.18. The highest BCUT2D eigenvalue weighted by molar-refractivity contribution is 7.92. The van der Waals surface area contributed by atoms with Crippen LogP contribution < -0.4 is 14.8 Å². The van der Waals surface area contributed by atoms with Crippen LogP contribution >= 0.6 is 0 Å². The molecule has 9 heteroatoms. The monoisotopic (exact) mass is 434 g/mol. The van der Waals surface area contributed by atoms with E-state index in [0.717, 1.165) is 12.8 Å². The fourth-order valence-electron chi connectivity index (χ4n) is 2.47. The Hall–Kier alpha value is -3.07. The van der Waals surface area contributed by atoms with Gasteiger partial charge in [0.15, 0.2) is 0 Å². The number of rotatable bonds is 10. The molecule has 30 heavy (non-hydrogen) atoms. The maximum absolute atomic E-state index is 12.7. The molecule has 0 saturated carbocycles. The van der Waals surface area contributed by atoms with Gasteiger partial charge in [0.2, 0.25) is 5.91 Å². The summed E-state index contributed by atoms with van der Waals surface area (Å²) < 4.78 is 38.2. The van der Waals surface area contributed by atoms with Crippen molar-refractivity contribution in [2.24, 2.45) is 0 Å². The van der Waals surface area contributed by atoms with E-state index in [1.54, 1.807) is 6.92 Å². The first-order chi connectivity index (χ1) is 14.3. The summed E-state index contributed by atoms with van der Waals surface area (Å²) in [6, 6.07) is 10.1. The molecule has 162 valence electrons. The molecule has 0 saturated heterocycles. The van der Waals surface area contributed by atoms with Gasteiger partial charge in [-0.1, -0.05) is 20.3 Å². The lowest BCUT2D eigenvalue weighted by molar-refractivity contribution is -0.115. The number of carbonyl (C=O) groups excluding carboxylic acids is 2. The van der Waals surface area contributed by atoms with Gasteiger partial charge in [0, 0.05) is 12.1 Å². The van der Waals surface area contributed by atoms with Crippen molar-refractivity contribution in [2.75, 3.05) is 23.8 Å². The van der Waals surface area contributed by atoms with E-state index in [9.17, 15) is 18.0 Å². The maximum atomic E-state index is 12.7. The average Bonchev–Trinajstić information content (AvgIpc) is 2.74. The Morgan fingerprint density at radius 2 is 1.73 bits per heavy atom. The summed E-state index contributed by atoms with van der Waals surface area (Å²) in [7, 11) is -2.50. The van der Waals surface area contributed by atoms with Crippen molar-refractivity contribution in [1.82, 2.24) is 0 Å². The Bertz CT molecular complexity index is 987. The standard InChI is InChI=1S/C21H26N2O6S/c1-4-6-13-29-21(25)15-7-9-16(10-8-15)23-30(26,27)17-11-12-19(28-3)18(14-17)22-20(24)5-2/h7-12,14,23H,4-6,13H2,1-3H3,(H,22,24). The number of methoxy groups -OCH3 is 1. The van der Waals surface area contributed by atoms with Crippen LogP contribution in [0.1, 0.15) is 43.5 Å². The van der Waals surface area contributed by atoms with Crippen LogP contribution in [-0.4, -0.2) is 34.0 Å². The van der Waals surface area contributed by atoms with Gasteiger partial charge in [0.05, 0.1) is 29.9 Å². The predicted octanol–water partition coefficient (Wildman–Crippen LogP) is 3.80. The number of benzene rings is 2. The Kier molecular flexibility index (Phi) is 8.23. The van der Waals surface area contributed by atoms with Crippen LogP contribution in [0.15, 0.2) is 47.4 Å². The van der Waals surface area contributed by atoms with Crippen LogP contribution in [0.3, 0.4) is 0 Å². The fourth-order valence-corrected chi connectivity index (χ4v) is 3.56. The second-order valence-electron chi connectivity index (χ2n) is 6.44. The van der Waals surface area contributed by atoms with E-state index in [1.807, 2.05) is 6.92 Å². The maximum Gasteiger partial charge on any atom is 0.338 e. The van der Waals surface area contributed by atoms with E-state index in [-0.39, 0.29) is 28.6 Å². The summed E-state index contributed by atoms with van der Waals surface area (Å²) in [5, 5.41) is 2.62. The minimum Gasteiger partial charge on any atom is -0.495 e. The van der Waals surface area contributed by atoms with Crippen molar-refractivity contribution in [3.63, 3.8) is 0 Å². The van der Waals surface area contributed by atoms with Crippen molar-refractivity contribution in [3.05, 3.63) is 48.0 Å². The molecular weight excluding hydrogens is 408 g/mol. The second-order valence-corrected chi connectivity index (χ2v) is 8.12. The molecule has 0 spiro atoms. The van der Waals surface area contributed by atoms with E-state index in [2.05, 4.69) is 10.0 Å². The van der Waals surface area contributed by atoms with Crippen LogP contribution in [0, 0.1) is 0 Å². The molecule has 0 aliphatic carbocycles. The molecule has 2 N–H and O–H groups in total. The smallest absolute Gasteiger partial charge is 0.338 e. The van der Waals surface area contributed by atoms with Gasteiger partial charge in [0.25, 0.3) is 10.0 Å². The molecular formula is C21H26N2O6S. The third-order valence-corrected chi connectivity index (χ3v) is 5.56. The van der Waals surface area contributed by atoms with E-state index < -0.39 is 16.0 Å². The highest BCUT2D eigenvalue weighted by Crippen LogP contribution is 2.28. The lowest BCUT2D eigenvalue weighted by atomic mass is 10.2. The number of amides is 1. The SMILES string of the molecule is CCCCOC(=O)c1ccc(NS(=O)(=O)c2ccc(OC)c(NC(=O)CC)c2)cc1. The van der Waals surface area contributed by atoms with Gasteiger partial charge >= 0.3 is 5.97 Å². The zero-order valence-electron chi connectivity index (χ0n) is 17.2. The number of nitrogens with one attached hydrogen (secondary N) is 2. The van der Waals surface area contributed by atoms with E-state index >= 15 is 0 Å². The van der Waals surface area contributed by atoms with Crippen molar-refractivity contribution in [2.45, 2.75) is 38.0 Å². The van der Waals surface area contributed by atoms with Gasteiger partial charge in [-0.2, -0.15) is 0 Å². The predicted molar refractivity (Wildman–Crippen MR) is 114 cm³/mol. The Balaban J connectivity index is 2.17. The van der Waals surface area contributed by atoms with Crippen LogP contribution in [0.4, 0.5) is 11.4 Å². The van der Waals surface area contributed by atoms with Gasteiger partial charge in [-0.15, -0.1) is 0 Å². The molecule has 2 aromatic carbocycles. The molecule has 0 unspecified atom stereocenters. The zero-order chi connectivity index (χ0) is 22.1. The molecule has 0 atom stereocenters. The van der Waals surface area contributed by atoms with Crippen molar-refractivity contribution < 1.29 is 27.5 Å². The molecule has 2 rings (SSSR count). The Morgan fingerprint density at radius 3 is 2.33 bits per heavy atom. The lowest BCUT2D eigenvalue weighted by Crippen LogP contribution is -2.15. The number of sulfonamides is 1. The largest absolute Gasteiger partial charge is 0.495 e. The molecule has 1 amide bonds. The summed E-state index contributed by atoms with van der Waals surface area (Å²) in [4.78, 5) is 23.6. The summed E-state index contributed by atoms with van der Waals surface area (Å²) in [6.45, 7) is 4.03. The number of esters is 1. The third kappa shape index (κ3) is 6.21. The Labute approximate surface area is 176 Å². The normalized spacial score (nSPS) is 10.9. The highest BCUT2D eigenvalue weighted by atomic mass is 32.2. The molecule has 0 heterocycles. The first kappa shape index (κ1) is 23.2. The molecule has 0 fully saturated rings. The zero-order valence-corrected chi connectivity index (χ0v) is 18.0. The number of hydrogen-bond donors (Lipinski definition) is 2. The number of anilines is 2. The van der Waals surface area contributed by atoms with Gasteiger partial charge in [0.1, 0.15) is 5.75 Å². The van der Waals surface area contributed by atoms with Crippen molar-refractivity contribution in [3.8, 4) is 5.75 Å². The van der Waals surface area contributed by atoms with Gasteiger partial charge in [-0.05, 0) is 48.9 Å². The third-order valence-electron chi connectivity index (χ3n) is 4.18.